The molecule has 0 saturated heterocycles. The van der Waals surface area contributed by atoms with Crippen LogP contribution in [0, 0.1) is 0 Å². The first kappa shape index (κ1) is 12.5. The van der Waals surface area contributed by atoms with Gasteiger partial charge in [0.2, 0.25) is 10.7 Å². The van der Waals surface area contributed by atoms with E-state index in [2.05, 4.69) is 51.7 Å². The lowest BCUT2D eigenvalue weighted by Crippen LogP contribution is -2.28. The molecule has 0 amide bonds. The van der Waals surface area contributed by atoms with Crippen molar-refractivity contribution in [1.29, 1.82) is 0 Å². The SMILES string of the molecule is CSc1c(-c2nc3ccccc3[nH]2)n2ccccc2[n+]1C. The summed E-state index contributed by atoms with van der Waals surface area (Å²) in [6, 6.07) is 14.3. The summed E-state index contributed by atoms with van der Waals surface area (Å²) in [7, 11) is 2.09. The summed E-state index contributed by atoms with van der Waals surface area (Å²) in [6.07, 6.45) is 4.18. The molecule has 0 saturated carbocycles. The van der Waals surface area contributed by atoms with E-state index in [1.165, 1.54) is 5.03 Å². The highest BCUT2D eigenvalue weighted by Gasteiger charge is 2.26. The van der Waals surface area contributed by atoms with Gasteiger partial charge in [0.25, 0.3) is 5.65 Å². The number of benzene rings is 1. The van der Waals surface area contributed by atoms with Gasteiger partial charge in [0.15, 0.2) is 5.82 Å². The van der Waals surface area contributed by atoms with Crippen LogP contribution in [0.4, 0.5) is 0 Å². The number of nitrogens with zero attached hydrogens (tertiary/aromatic N) is 3. The second-order valence-electron chi connectivity index (χ2n) is 4.95. The first-order valence-electron chi connectivity index (χ1n) is 6.78. The maximum atomic E-state index is 4.75. The Kier molecular flexibility index (Phi) is 2.75. The van der Waals surface area contributed by atoms with Crippen LogP contribution in [0.15, 0.2) is 53.7 Å². The van der Waals surface area contributed by atoms with E-state index in [-0.39, 0.29) is 0 Å². The number of hydrogen-bond acceptors (Lipinski definition) is 2. The number of nitrogens with one attached hydrogen (secondary N) is 1. The fourth-order valence-electron chi connectivity index (χ4n) is 2.78. The van der Waals surface area contributed by atoms with Gasteiger partial charge in [-0.05, 0) is 24.5 Å². The number of para-hydroxylation sites is 2. The molecule has 104 valence electrons. The van der Waals surface area contributed by atoms with E-state index < -0.39 is 0 Å². The van der Waals surface area contributed by atoms with Crippen LogP contribution in [0.3, 0.4) is 0 Å². The summed E-state index contributed by atoms with van der Waals surface area (Å²) in [4.78, 5) is 8.19. The summed E-state index contributed by atoms with van der Waals surface area (Å²) < 4.78 is 4.39. The number of aromatic amines is 1. The van der Waals surface area contributed by atoms with Crippen LogP contribution in [-0.2, 0) is 7.05 Å². The molecule has 0 fully saturated rings. The predicted molar refractivity (Wildman–Crippen MR) is 85.4 cm³/mol. The smallest absolute Gasteiger partial charge is 0.287 e. The Balaban J connectivity index is 2.09. The van der Waals surface area contributed by atoms with Crippen molar-refractivity contribution in [3.8, 4) is 11.5 Å². The Morgan fingerprint density at radius 2 is 1.95 bits per heavy atom. The van der Waals surface area contributed by atoms with Crippen LogP contribution in [-0.4, -0.2) is 20.6 Å². The summed E-state index contributed by atoms with van der Waals surface area (Å²) >= 11 is 1.73. The van der Waals surface area contributed by atoms with Crippen LogP contribution >= 0.6 is 11.8 Å². The zero-order valence-electron chi connectivity index (χ0n) is 11.9. The molecular weight excluding hydrogens is 280 g/mol. The van der Waals surface area contributed by atoms with Crippen molar-refractivity contribution >= 4 is 28.4 Å². The van der Waals surface area contributed by atoms with Crippen molar-refractivity contribution in [3.05, 3.63) is 48.7 Å². The van der Waals surface area contributed by atoms with E-state index in [1.54, 1.807) is 11.8 Å². The number of fused-ring (bicyclic) bond motifs is 2. The molecule has 5 heteroatoms. The normalized spacial score (nSPS) is 11.5. The van der Waals surface area contributed by atoms with Gasteiger partial charge in [-0.25, -0.2) is 9.55 Å². The van der Waals surface area contributed by atoms with E-state index in [1.807, 2.05) is 24.3 Å². The second-order valence-corrected chi connectivity index (χ2v) is 5.74. The lowest BCUT2D eigenvalue weighted by Gasteiger charge is -1.93. The first-order valence-corrected chi connectivity index (χ1v) is 8.00. The maximum Gasteiger partial charge on any atom is 0.287 e. The van der Waals surface area contributed by atoms with E-state index >= 15 is 0 Å². The number of aromatic nitrogens is 4. The minimum Gasteiger partial charge on any atom is -0.335 e. The lowest BCUT2D eigenvalue weighted by molar-refractivity contribution is -0.681. The van der Waals surface area contributed by atoms with Crippen LogP contribution < -0.4 is 4.57 Å². The number of thioether (sulfide) groups is 1. The van der Waals surface area contributed by atoms with Crippen molar-refractivity contribution in [3.63, 3.8) is 0 Å². The number of rotatable bonds is 2. The van der Waals surface area contributed by atoms with Crippen molar-refractivity contribution in [2.45, 2.75) is 5.03 Å². The molecule has 21 heavy (non-hydrogen) atoms. The summed E-state index contributed by atoms with van der Waals surface area (Å²) in [5, 5.41) is 1.19. The molecule has 0 aliphatic rings. The number of H-pyrrole nitrogens is 1. The Hall–Kier alpha value is -2.27. The van der Waals surface area contributed by atoms with Gasteiger partial charge in [0, 0.05) is 6.07 Å². The minimum atomic E-state index is 0.905. The quantitative estimate of drug-likeness (QED) is 0.456. The molecule has 0 unspecified atom stereocenters. The molecule has 0 bridgehead atoms. The number of imidazole rings is 2. The first-order chi connectivity index (χ1) is 10.3. The third-order valence-electron chi connectivity index (χ3n) is 3.74. The van der Waals surface area contributed by atoms with Gasteiger partial charge in [0.1, 0.15) is 0 Å². The molecular formula is C16H15N4S+. The van der Waals surface area contributed by atoms with E-state index in [4.69, 9.17) is 4.98 Å². The summed E-state index contributed by atoms with van der Waals surface area (Å²) in [6.45, 7) is 0. The average molecular weight is 295 g/mol. The van der Waals surface area contributed by atoms with Crippen LogP contribution in [0.2, 0.25) is 0 Å². The summed E-state index contributed by atoms with van der Waals surface area (Å²) in [5.74, 6) is 0.905. The van der Waals surface area contributed by atoms with Gasteiger partial charge >= 0.3 is 0 Å². The molecule has 0 radical (unpaired) electrons. The van der Waals surface area contributed by atoms with Crippen molar-refractivity contribution in [2.75, 3.05) is 6.26 Å². The number of pyridine rings is 1. The maximum absolute atomic E-state index is 4.75. The molecule has 0 atom stereocenters. The zero-order valence-corrected chi connectivity index (χ0v) is 12.7. The zero-order chi connectivity index (χ0) is 14.4. The fraction of sp³-hybridized carbons (Fsp3) is 0.125. The minimum absolute atomic E-state index is 0.905. The average Bonchev–Trinajstić information content (AvgIpc) is 3.06. The Morgan fingerprint density at radius 1 is 1.14 bits per heavy atom. The molecule has 1 aromatic carbocycles. The molecule has 4 aromatic rings. The third-order valence-corrected chi connectivity index (χ3v) is 4.59. The Morgan fingerprint density at radius 3 is 2.76 bits per heavy atom. The highest BCUT2D eigenvalue weighted by atomic mass is 32.2. The topological polar surface area (TPSA) is 37.0 Å². The van der Waals surface area contributed by atoms with Gasteiger partial charge in [0.05, 0.1) is 24.3 Å². The van der Waals surface area contributed by atoms with Crippen LogP contribution in [0.25, 0.3) is 28.2 Å². The number of hydrogen-bond donors (Lipinski definition) is 1. The van der Waals surface area contributed by atoms with Gasteiger partial charge < -0.3 is 4.98 Å². The van der Waals surface area contributed by atoms with Crippen molar-refractivity contribution in [2.24, 2.45) is 7.05 Å². The highest BCUT2D eigenvalue weighted by molar-refractivity contribution is 7.98. The summed E-state index contributed by atoms with van der Waals surface area (Å²) in [5.41, 5.74) is 4.32. The Bertz CT molecular complexity index is 918. The van der Waals surface area contributed by atoms with E-state index in [0.717, 1.165) is 28.2 Å². The van der Waals surface area contributed by atoms with Gasteiger partial charge in [-0.3, -0.25) is 0 Å². The van der Waals surface area contributed by atoms with Gasteiger partial charge in [-0.15, -0.1) is 0 Å². The standard InChI is InChI=1S/C16H15N4S/c1-19-13-9-5-6-10-20(13)14(16(19)21-2)15-17-11-7-3-4-8-12(11)18-15/h3-10H,1-2H3,(H,17,18)/q+1. The fourth-order valence-corrected chi connectivity index (χ4v) is 3.53. The van der Waals surface area contributed by atoms with Gasteiger partial charge in [-0.2, -0.15) is 4.40 Å². The monoisotopic (exact) mass is 295 g/mol. The van der Waals surface area contributed by atoms with Crippen LogP contribution in [0.5, 0.6) is 0 Å². The van der Waals surface area contributed by atoms with E-state index in [0.29, 0.717) is 0 Å². The Labute approximate surface area is 126 Å². The number of aryl methyl sites for hydroxylation is 1. The largest absolute Gasteiger partial charge is 0.335 e. The highest BCUT2D eigenvalue weighted by Crippen LogP contribution is 2.29. The molecule has 0 spiro atoms. The third kappa shape index (κ3) is 1.77. The molecule has 1 N–H and O–H groups in total. The molecule has 4 nitrogen and oxygen atoms in total. The molecule has 4 rings (SSSR count). The van der Waals surface area contributed by atoms with Crippen molar-refractivity contribution < 1.29 is 4.57 Å². The predicted octanol–water partition coefficient (Wildman–Crippen LogP) is 3.03. The molecule has 0 aliphatic heterocycles. The van der Waals surface area contributed by atoms with E-state index in [9.17, 15) is 0 Å². The second kappa shape index (κ2) is 4.63. The van der Waals surface area contributed by atoms with Gasteiger partial charge in [-0.1, -0.05) is 30.0 Å². The molecule has 3 aromatic heterocycles. The molecule has 3 heterocycles. The van der Waals surface area contributed by atoms with Crippen molar-refractivity contribution in [1.82, 2.24) is 14.4 Å². The molecule has 0 aliphatic carbocycles. The van der Waals surface area contributed by atoms with Crippen LogP contribution in [0.1, 0.15) is 0 Å². The lowest BCUT2D eigenvalue weighted by atomic mass is 10.3.